The molecular formula is C19H19N5O. The van der Waals surface area contributed by atoms with E-state index in [0.29, 0.717) is 22.8 Å². The topological polar surface area (TPSA) is 75.6 Å². The summed E-state index contributed by atoms with van der Waals surface area (Å²) in [5.41, 5.74) is 2.58. The highest BCUT2D eigenvalue weighted by atomic mass is 16.1. The zero-order valence-electron chi connectivity index (χ0n) is 14.1. The minimum atomic E-state index is -0.150. The molecule has 0 unspecified atom stereocenters. The summed E-state index contributed by atoms with van der Waals surface area (Å²) in [6, 6.07) is 11.7. The molecule has 6 heteroatoms. The first-order valence-electron chi connectivity index (χ1n) is 8.52. The van der Waals surface area contributed by atoms with Gasteiger partial charge in [-0.2, -0.15) is 5.26 Å². The summed E-state index contributed by atoms with van der Waals surface area (Å²) in [7, 11) is 1.73. The maximum Gasteiger partial charge on any atom is 0.333 e. The molecule has 1 aliphatic rings. The van der Waals surface area contributed by atoms with Crippen LogP contribution >= 0.6 is 0 Å². The van der Waals surface area contributed by atoms with E-state index < -0.39 is 0 Å². The number of nitrogens with zero attached hydrogens (tertiary/aromatic N) is 4. The molecule has 0 amide bonds. The summed E-state index contributed by atoms with van der Waals surface area (Å²) in [5.74, 6) is 0.835. The number of fused-ring (bicyclic) bond motifs is 1. The van der Waals surface area contributed by atoms with Crippen molar-refractivity contribution < 1.29 is 0 Å². The van der Waals surface area contributed by atoms with Crippen molar-refractivity contribution in [2.45, 2.75) is 31.7 Å². The highest BCUT2D eigenvalue weighted by molar-refractivity contribution is 5.79. The molecule has 0 spiro atoms. The molecule has 0 aliphatic heterocycles. The Morgan fingerprint density at radius 2 is 2.00 bits per heavy atom. The van der Waals surface area contributed by atoms with Crippen LogP contribution in [0.3, 0.4) is 0 Å². The van der Waals surface area contributed by atoms with Gasteiger partial charge < -0.3 is 5.32 Å². The predicted molar refractivity (Wildman–Crippen MR) is 96.9 cm³/mol. The Bertz CT molecular complexity index is 1020. The normalized spacial score (nSPS) is 14.7. The Kier molecular flexibility index (Phi) is 3.77. The molecule has 0 bridgehead atoms. The number of imidazole rings is 1. The molecule has 2 aromatic heterocycles. The fraction of sp³-hybridized carbons (Fsp3) is 0.316. The number of nitriles is 1. The van der Waals surface area contributed by atoms with Crippen LogP contribution in [0.5, 0.6) is 0 Å². The number of aryl methyl sites for hydroxylation is 1. The van der Waals surface area contributed by atoms with Crippen LogP contribution in [0.15, 0.2) is 41.3 Å². The van der Waals surface area contributed by atoms with E-state index in [1.165, 1.54) is 25.7 Å². The van der Waals surface area contributed by atoms with Gasteiger partial charge in [0.05, 0.1) is 34.6 Å². The lowest BCUT2D eigenvalue weighted by molar-refractivity contribution is 0.750. The molecule has 0 atom stereocenters. The number of hydrogen-bond acceptors (Lipinski definition) is 4. The van der Waals surface area contributed by atoms with Crippen molar-refractivity contribution >= 4 is 16.9 Å². The average Bonchev–Trinajstić information content (AvgIpc) is 3.23. The van der Waals surface area contributed by atoms with Gasteiger partial charge in [-0.05, 0) is 43.2 Å². The number of anilines is 1. The Labute approximate surface area is 145 Å². The molecular weight excluding hydrogens is 314 g/mol. The van der Waals surface area contributed by atoms with Crippen molar-refractivity contribution in [3.05, 3.63) is 52.6 Å². The quantitative estimate of drug-likeness (QED) is 0.799. The Morgan fingerprint density at radius 3 is 2.68 bits per heavy atom. The molecule has 4 rings (SSSR count). The first-order valence-corrected chi connectivity index (χ1v) is 8.52. The predicted octanol–water partition coefficient (Wildman–Crippen LogP) is 2.95. The third kappa shape index (κ3) is 2.68. The summed E-state index contributed by atoms with van der Waals surface area (Å²) in [6.45, 7) is 0. The lowest BCUT2D eigenvalue weighted by Crippen LogP contribution is -2.21. The summed E-state index contributed by atoms with van der Waals surface area (Å²) in [6.07, 6.45) is 6.61. The second-order valence-corrected chi connectivity index (χ2v) is 6.52. The van der Waals surface area contributed by atoms with Crippen molar-refractivity contribution in [2.24, 2.45) is 7.05 Å². The lowest BCUT2D eigenvalue weighted by atomic mass is 10.2. The third-order valence-corrected chi connectivity index (χ3v) is 4.90. The second kappa shape index (κ2) is 6.10. The lowest BCUT2D eigenvalue weighted by Gasteiger charge is -2.12. The van der Waals surface area contributed by atoms with E-state index in [-0.39, 0.29) is 5.69 Å². The van der Waals surface area contributed by atoms with Gasteiger partial charge in [0.1, 0.15) is 5.82 Å². The molecule has 1 saturated carbocycles. The van der Waals surface area contributed by atoms with Gasteiger partial charge in [-0.3, -0.25) is 9.13 Å². The highest BCUT2D eigenvalue weighted by Crippen LogP contribution is 2.22. The summed E-state index contributed by atoms with van der Waals surface area (Å²) in [4.78, 5) is 17.1. The fourth-order valence-electron chi connectivity index (χ4n) is 3.54. The zero-order chi connectivity index (χ0) is 17.4. The molecule has 1 aromatic carbocycles. The van der Waals surface area contributed by atoms with Gasteiger partial charge in [0.15, 0.2) is 0 Å². The Balaban J connectivity index is 1.75. The van der Waals surface area contributed by atoms with Crippen molar-refractivity contribution in [3.8, 4) is 11.8 Å². The van der Waals surface area contributed by atoms with Crippen LogP contribution in [0.25, 0.3) is 16.7 Å². The number of rotatable bonds is 3. The van der Waals surface area contributed by atoms with Crippen LogP contribution < -0.4 is 11.0 Å². The van der Waals surface area contributed by atoms with Crippen LogP contribution in [0.2, 0.25) is 0 Å². The smallest absolute Gasteiger partial charge is 0.333 e. The number of nitrogens with one attached hydrogen (secondary N) is 1. The van der Waals surface area contributed by atoms with E-state index >= 15 is 0 Å². The first kappa shape index (κ1) is 15.5. The van der Waals surface area contributed by atoms with Crippen LogP contribution in [-0.2, 0) is 7.05 Å². The van der Waals surface area contributed by atoms with Crippen molar-refractivity contribution in [3.63, 3.8) is 0 Å². The number of pyridine rings is 1. The van der Waals surface area contributed by atoms with Crippen molar-refractivity contribution in [2.75, 3.05) is 5.32 Å². The molecule has 0 saturated heterocycles. The standard InChI is InChI=1S/C19H19N5O/c1-23-16-8-6-13(11-20)10-17(16)24(19(23)25)15-7-9-18(21-12-15)22-14-4-2-3-5-14/h6-10,12,14H,2-5H2,1H3,(H,21,22). The monoisotopic (exact) mass is 333 g/mol. The van der Waals surface area contributed by atoms with E-state index in [9.17, 15) is 4.79 Å². The number of aromatic nitrogens is 3. The average molecular weight is 333 g/mol. The van der Waals surface area contributed by atoms with Crippen molar-refractivity contribution in [1.82, 2.24) is 14.1 Å². The fourth-order valence-corrected chi connectivity index (χ4v) is 3.54. The molecule has 6 nitrogen and oxygen atoms in total. The van der Waals surface area contributed by atoms with Crippen LogP contribution in [-0.4, -0.2) is 20.2 Å². The minimum absolute atomic E-state index is 0.150. The van der Waals surface area contributed by atoms with Gasteiger partial charge in [0.2, 0.25) is 0 Å². The van der Waals surface area contributed by atoms with Crippen molar-refractivity contribution in [1.29, 1.82) is 5.26 Å². The SMILES string of the molecule is Cn1c(=O)n(-c2ccc(NC3CCCC3)nc2)c2cc(C#N)ccc21. The Hall–Kier alpha value is -3.07. The molecule has 1 fully saturated rings. The molecule has 0 radical (unpaired) electrons. The van der Waals surface area contributed by atoms with E-state index in [0.717, 1.165) is 11.3 Å². The van der Waals surface area contributed by atoms with Crippen LogP contribution in [0, 0.1) is 11.3 Å². The molecule has 126 valence electrons. The van der Waals surface area contributed by atoms with Gasteiger partial charge in [-0.25, -0.2) is 9.78 Å². The Morgan fingerprint density at radius 1 is 1.20 bits per heavy atom. The van der Waals surface area contributed by atoms with Gasteiger partial charge in [-0.1, -0.05) is 12.8 Å². The first-order chi connectivity index (χ1) is 12.2. The molecule has 1 N–H and O–H groups in total. The summed E-state index contributed by atoms with van der Waals surface area (Å²) >= 11 is 0. The number of hydrogen-bond donors (Lipinski definition) is 1. The van der Waals surface area contributed by atoms with E-state index in [1.807, 2.05) is 12.1 Å². The minimum Gasteiger partial charge on any atom is -0.367 e. The van der Waals surface area contributed by atoms with E-state index in [1.54, 1.807) is 40.6 Å². The van der Waals surface area contributed by atoms with Gasteiger partial charge >= 0.3 is 5.69 Å². The molecule has 25 heavy (non-hydrogen) atoms. The van der Waals surface area contributed by atoms with E-state index in [4.69, 9.17) is 5.26 Å². The zero-order valence-corrected chi connectivity index (χ0v) is 14.1. The van der Waals surface area contributed by atoms with Gasteiger partial charge in [-0.15, -0.1) is 0 Å². The van der Waals surface area contributed by atoms with Gasteiger partial charge in [0, 0.05) is 13.1 Å². The van der Waals surface area contributed by atoms with Crippen LogP contribution in [0.1, 0.15) is 31.2 Å². The second-order valence-electron chi connectivity index (χ2n) is 6.52. The largest absolute Gasteiger partial charge is 0.367 e. The number of benzene rings is 1. The molecule has 1 aliphatic carbocycles. The highest BCUT2D eigenvalue weighted by Gasteiger charge is 2.16. The molecule has 3 aromatic rings. The van der Waals surface area contributed by atoms with Crippen LogP contribution in [0.4, 0.5) is 5.82 Å². The van der Waals surface area contributed by atoms with Gasteiger partial charge in [0.25, 0.3) is 0 Å². The summed E-state index contributed by atoms with van der Waals surface area (Å²) in [5, 5.41) is 12.6. The maximum absolute atomic E-state index is 12.7. The maximum atomic E-state index is 12.7. The van der Waals surface area contributed by atoms with E-state index in [2.05, 4.69) is 16.4 Å². The summed E-state index contributed by atoms with van der Waals surface area (Å²) < 4.78 is 3.18. The molecule has 2 heterocycles. The third-order valence-electron chi connectivity index (χ3n) is 4.90.